The Morgan fingerprint density at radius 3 is 2.68 bits per heavy atom. The van der Waals surface area contributed by atoms with Gasteiger partial charge < -0.3 is 9.84 Å². The quantitative estimate of drug-likeness (QED) is 0.350. The van der Waals surface area contributed by atoms with Crippen LogP contribution >= 0.6 is 27.7 Å². The number of likely N-dealkylation sites (tertiary alicyclic amines) is 1. The third-order valence-electron chi connectivity index (χ3n) is 5.43. The highest BCUT2D eigenvalue weighted by atomic mass is 79.9. The topological polar surface area (TPSA) is 67.1 Å². The number of halogens is 1. The molecule has 0 aliphatic carbocycles. The van der Waals surface area contributed by atoms with Gasteiger partial charge in [-0.05, 0) is 60.9 Å². The fourth-order valence-corrected chi connectivity index (χ4v) is 5.26. The van der Waals surface area contributed by atoms with Gasteiger partial charge in [0.15, 0.2) is 17.1 Å². The first-order valence-corrected chi connectivity index (χ1v) is 12.3. The predicted molar refractivity (Wildman–Crippen MR) is 126 cm³/mol. The third-order valence-corrected chi connectivity index (χ3v) is 7.14. The first-order chi connectivity index (χ1) is 15.1. The Balaban J connectivity index is 1.72. The van der Waals surface area contributed by atoms with E-state index < -0.39 is 5.97 Å². The highest BCUT2D eigenvalue weighted by Crippen LogP contribution is 2.35. The number of piperidine rings is 1. The zero-order valence-corrected chi connectivity index (χ0v) is 19.9. The largest absolute Gasteiger partial charge is 0.504 e. The van der Waals surface area contributed by atoms with E-state index in [2.05, 4.69) is 25.8 Å². The first kappa shape index (κ1) is 22.2. The van der Waals surface area contributed by atoms with Crippen molar-refractivity contribution in [1.29, 1.82) is 0 Å². The average Bonchev–Trinajstić information content (AvgIpc) is 3.15. The lowest BCUT2D eigenvalue weighted by molar-refractivity contribution is 0.0517. The number of imidazole rings is 1. The van der Waals surface area contributed by atoms with Crippen LogP contribution in [0.4, 0.5) is 0 Å². The molecule has 1 aliphatic rings. The molecule has 0 amide bonds. The molecule has 3 heterocycles. The molecule has 2 aromatic heterocycles. The summed E-state index contributed by atoms with van der Waals surface area (Å²) in [5, 5.41) is 11.1. The van der Waals surface area contributed by atoms with Crippen LogP contribution < -0.4 is 0 Å². The van der Waals surface area contributed by atoms with Gasteiger partial charge in [-0.3, -0.25) is 9.30 Å². The molecule has 4 rings (SSSR count). The standard InChI is InChI=1S/C23H26BrN3O3S/c1-2-30-23(29)20-19(15-31-16-9-5-3-6-10-16)25-22-21(28)17(18(24)14-27(20)22)13-26-11-7-4-8-12-26/h3,5-6,9-10,14,28H,2,4,7-8,11-13,15H2,1H3. The van der Waals surface area contributed by atoms with Crippen molar-refractivity contribution in [3.63, 3.8) is 0 Å². The molecule has 0 unspecified atom stereocenters. The maximum Gasteiger partial charge on any atom is 0.357 e. The lowest BCUT2D eigenvalue weighted by atomic mass is 10.1. The van der Waals surface area contributed by atoms with Crippen molar-refractivity contribution in [1.82, 2.24) is 14.3 Å². The van der Waals surface area contributed by atoms with E-state index in [1.165, 1.54) is 19.3 Å². The molecule has 0 spiro atoms. The molecule has 1 aliphatic heterocycles. The van der Waals surface area contributed by atoms with Gasteiger partial charge in [-0.15, -0.1) is 11.8 Å². The van der Waals surface area contributed by atoms with E-state index in [0.717, 1.165) is 28.0 Å². The molecular weight excluding hydrogens is 478 g/mol. The number of carbonyl (C=O) groups is 1. The summed E-state index contributed by atoms with van der Waals surface area (Å²) in [6.07, 6.45) is 5.44. The van der Waals surface area contributed by atoms with E-state index in [-0.39, 0.29) is 12.4 Å². The molecule has 6 nitrogen and oxygen atoms in total. The maximum atomic E-state index is 12.8. The van der Waals surface area contributed by atoms with Crippen LogP contribution in [0.25, 0.3) is 5.65 Å². The van der Waals surface area contributed by atoms with Crippen molar-refractivity contribution in [2.75, 3.05) is 19.7 Å². The Bertz CT molecular complexity index is 1070. The van der Waals surface area contributed by atoms with Crippen molar-refractivity contribution < 1.29 is 14.6 Å². The minimum atomic E-state index is -0.436. The molecule has 8 heteroatoms. The number of rotatable bonds is 7. The van der Waals surface area contributed by atoms with Crippen molar-refractivity contribution >= 4 is 39.3 Å². The molecule has 1 aromatic carbocycles. The maximum absolute atomic E-state index is 12.8. The van der Waals surface area contributed by atoms with Gasteiger partial charge in [-0.2, -0.15) is 0 Å². The van der Waals surface area contributed by atoms with Gasteiger partial charge in [0.1, 0.15) is 0 Å². The molecule has 0 radical (unpaired) electrons. The summed E-state index contributed by atoms with van der Waals surface area (Å²) in [7, 11) is 0. The monoisotopic (exact) mass is 503 g/mol. The number of nitrogens with zero attached hydrogens (tertiary/aromatic N) is 3. The summed E-state index contributed by atoms with van der Waals surface area (Å²) in [5.41, 5.74) is 2.16. The van der Waals surface area contributed by atoms with Crippen molar-refractivity contribution in [3.8, 4) is 5.75 Å². The summed E-state index contributed by atoms with van der Waals surface area (Å²) < 4.78 is 7.71. The number of pyridine rings is 1. The van der Waals surface area contributed by atoms with Gasteiger partial charge in [-0.1, -0.05) is 24.6 Å². The van der Waals surface area contributed by atoms with Crippen LogP contribution in [0.1, 0.15) is 47.9 Å². The van der Waals surface area contributed by atoms with Crippen LogP contribution in [0.3, 0.4) is 0 Å². The molecule has 1 fully saturated rings. The number of fused-ring (bicyclic) bond motifs is 1. The summed E-state index contributed by atoms with van der Waals surface area (Å²) in [5.74, 6) is 0.174. The second-order valence-electron chi connectivity index (χ2n) is 7.56. The summed E-state index contributed by atoms with van der Waals surface area (Å²) >= 11 is 5.21. The summed E-state index contributed by atoms with van der Waals surface area (Å²) in [4.78, 5) is 20.9. The van der Waals surface area contributed by atoms with Gasteiger partial charge in [0.2, 0.25) is 0 Å². The summed E-state index contributed by atoms with van der Waals surface area (Å²) in [6, 6.07) is 9.98. The van der Waals surface area contributed by atoms with Gasteiger partial charge in [0.25, 0.3) is 0 Å². The lowest BCUT2D eigenvalue weighted by Gasteiger charge is -2.27. The highest BCUT2D eigenvalue weighted by molar-refractivity contribution is 9.10. The van der Waals surface area contributed by atoms with E-state index in [0.29, 0.717) is 29.3 Å². The second kappa shape index (κ2) is 10.1. The molecule has 31 heavy (non-hydrogen) atoms. The van der Waals surface area contributed by atoms with Crippen molar-refractivity contribution in [3.05, 3.63) is 58.0 Å². The Morgan fingerprint density at radius 1 is 1.23 bits per heavy atom. The Labute approximate surface area is 194 Å². The van der Waals surface area contributed by atoms with Crippen LogP contribution in [0.5, 0.6) is 5.75 Å². The normalized spacial score (nSPS) is 14.8. The molecule has 1 N–H and O–H groups in total. The Hall–Kier alpha value is -2.03. The van der Waals surface area contributed by atoms with E-state index in [1.807, 2.05) is 36.5 Å². The van der Waals surface area contributed by atoms with E-state index in [1.54, 1.807) is 23.1 Å². The van der Waals surface area contributed by atoms with Crippen molar-refractivity contribution in [2.24, 2.45) is 0 Å². The number of hydrogen-bond donors (Lipinski definition) is 1. The van der Waals surface area contributed by atoms with Crippen LogP contribution in [0.15, 0.2) is 45.9 Å². The number of benzene rings is 1. The van der Waals surface area contributed by atoms with E-state index in [9.17, 15) is 9.90 Å². The molecule has 3 aromatic rings. The molecule has 0 atom stereocenters. The zero-order chi connectivity index (χ0) is 21.8. The van der Waals surface area contributed by atoms with Crippen LogP contribution in [-0.2, 0) is 17.0 Å². The highest BCUT2D eigenvalue weighted by Gasteiger charge is 2.25. The van der Waals surface area contributed by atoms with Gasteiger partial charge in [-0.25, -0.2) is 9.78 Å². The third kappa shape index (κ3) is 4.91. The number of esters is 1. The minimum Gasteiger partial charge on any atom is -0.504 e. The van der Waals surface area contributed by atoms with Crippen LogP contribution in [0, 0.1) is 0 Å². The van der Waals surface area contributed by atoms with Gasteiger partial charge >= 0.3 is 5.97 Å². The zero-order valence-electron chi connectivity index (χ0n) is 17.5. The minimum absolute atomic E-state index is 0.112. The number of carbonyl (C=O) groups excluding carboxylic acids is 1. The van der Waals surface area contributed by atoms with Crippen LogP contribution in [0.2, 0.25) is 0 Å². The predicted octanol–water partition coefficient (Wildman–Crippen LogP) is 5.26. The fourth-order valence-electron chi connectivity index (χ4n) is 3.89. The Kier molecular flexibility index (Phi) is 7.20. The van der Waals surface area contributed by atoms with Gasteiger partial charge in [0, 0.05) is 33.4 Å². The molecule has 0 saturated carbocycles. The molecular formula is C23H26BrN3O3S. The fraction of sp³-hybridized carbons (Fsp3) is 0.391. The van der Waals surface area contributed by atoms with Crippen LogP contribution in [-0.4, -0.2) is 45.1 Å². The second-order valence-corrected chi connectivity index (χ2v) is 9.47. The van der Waals surface area contributed by atoms with E-state index in [4.69, 9.17) is 4.74 Å². The number of thioether (sulfide) groups is 1. The average molecular weight is 504 g/mol. The number of aromatic hydroxyl groups is 1. The molecule has 0 bridgehead atoms. The van der Waals surface area contributed by atoms with E-state index >= 15 is 0 Å². The smallest absolute Gasteiger partial charge is 0.357 e. The Morgan fingerprint density at radius 2 is 1.97 bits per heavy atom. The van der Waals surface area contributed by atoms with Gasteiger partial charge in [0.05, 0.1) is 12.3 Å². The molecule has 164 valence electrons. The number of ether oxygens (including phenoxy) is 1. The molecule has 1 saturated heterocycles. The van der Waals surface area contributed by atoms with Crippen molar-refractivity contribution in [2.45, 2.75) is 43.4 Å². The first-order valence-electron chi connectivity index (χ1n) is 10.6. The lowest BCUT2D eigenvalue weighted by Crippen LogP contribution is -2.29. The SMILES string of the molecule is CCOC(=O)c1c(CSc2ccccc2)nc2c(O)c(CN3CCCCC3)c(Br)cn12. The number of aromatic nitrogens is 2. The number of hydrogen-bond acceptors (Lipinski definition) is 6. The summed E-state index contributed by atoms with van der Waals surface area (Å²) in [6.45, 7) is 4.76.